The first kappa shape index (κ1) is 26.1. The first-order chi connectivity index (χ1) is 14.5. The van der Waals surface area contributed by atoms with Crippen molar-refractivity contribution >= 4 is 11.6 Å². The quantitative estimate of drug-likeness (QED) is 0.292. The van der Waals surface area contributed by atoms with Crippen LogP contribution in [0.25, 0.3) is 0 Å². The van der Waals surface area contributed by atoms with Crippen LogP contribution in [-0.4, -0.2) is 27.2 Å². The molecule has 0 saturated heterocycles. The molecule has 0 fully saturated rings. The van der Waals surface area contributed by atoms with Gasteiger partial charge in [-0.3, -0.25) is 4.79 Å². The molecule has 0 aliphatic rings. The molecule has 5 heteroatoms. The van der Waals surface area contributed by atoms with Gasteiger partial charge in [0.05, 0.1) is 21.3 Å². The zero-order chi connectivity index (χ0) is 22.4. The summed E-state index contributed by atoms with van der Waals surface area (Å²) in [6, 6.07) is 3.52. The summed E-state index contributed by atoms with van der Waals surface area (Å²) in [4.78, 5) is 13.4. The van der Waals surface area contributed by atoms with E-state index in [9.17, 15) is 4.79 Å². The van der Waals surface area contributed by atoms with E-state index >= 15 is 0 Å². The number of unbranched alkanes of at least 4 members (excludes halogenated alkanes) is 7. The van der Waals surface area contributed by atoms with E-state index in [0.717, 1.165) is 25.7 Å². The third-order valence-electron chi connectivity index (χ3n) is 6.30. The SMILES string of the molecule is CCCCCCCCCCC(CC)(CC)C(=O)Nc1c(OC)cc(OC)cc1OC. The van der Waals surface area contributed by atoms with Crippen LogP contribution in [0.4, 0.5) is 5.69 Å². The Kier molecular flexibility index (Phi) is 12.3. The lowest BCUT2D eigenvalue weighted by atomic mass is 9.76. The fourth-order valence-corrected chi connectivity index (χ4v) is 4.01. The lowest BCUT2D eigenvalue weighted by Gasteiger charge is -2.31. The summed E-state index contributed by atoms with van der Waals surface area (Å²) in [6.45, 7) is 6.46. The number of hydrogen-bond acceptors (Lipinski definition) is 4. The van der Waals surface area contributed by atoms with Gasteiger partial charge in [-0.15, -0.1) is 0 Å². The maximum absolute atomic E-state index is 13.4. The maximum Gasteiger partial charge on any atom is 0.230 e. The number of carbonyl (C=O) groups excluding carboxylic acids is 1. The van der Waals surface area contributed by atoms with Crippen LogP contribution in [0.3, 0.4) is 0 Å². The van der Waals surface area contributed by atoms with Gasteiger partial charge < -0.3 is 19.5 Å². The molecular weight excluding hydrogens is 378 g/mol. The molecule has 1 rings (SSSR count). The zero-order valence-corrected chi connectivity index (χ0v) is 20.1. The lowest BCUT2D eigenvalue weighted by Crippen LogP contribution is -2.35. The van der Waals surface area contributed by atoms with Crippen molar-refractivity contribution in [1.29, 1.82) is 0 Å². The monoisotopic (exact) mass is 421 g/mol. The van der Waals surface area contributed by atoms with Crippen molar-refractivity contribution in [1.82, 2.24) is 0 Å². The van der Waals surface area contributed by atoms with Crippen molar-refractivity contribution < 1.29 is 19.0 Å². The molecule has 1 N–H and O–H groups in total. The molecule has 0 aromatic heterocycles. The molecule has 1 amide bonds. The van der Waals surface area contributed by atoms with Crippen molar-refractivity contribution in [2.24, 2.45) is 5.41 Å². The fraction of sp³-hybridized carbons (Fsp3) is 0.720. The van der Waals surface area contributed by atoms with Crippen LogP contribution in [0.5, 0.6) is 17.2 Å². The average molecular weight is 422 g/mol. The Morgan fingerprint density at radius 1 is 0.800 bits per heavy atom. The fourth-order valence-electron chi connectivity index (χ4n) is 4.01. The summed E-state index contributed by atoms with van der Waals surface area (Å²) in [6.07, 6.45) is 12.7. The highest BCUT2D eigenvalue weighted by Gasteiger charge is 2.35. The van der Waals surface area contributed by atoms with Crippen LogP contribution in [0, 0.1) is 5.41 Å². The molecule has 0 aliphatic carbocycles. The molecule has 1 aromatic rings. The molecular formula is C25H43NO4. The van der Waals surface area contributed by atoms with E-state index in [4.69, 9.17) is 14.2 Å². The smallest absolute Gasteiger partial charge is 0.230 e. The minimum Gasteiger partial charge on any atom is -0.496 e. The van der Waals surface area contributed by atoms with Crippen LogP contribution in [-0.2, 0) is 4.79 Å². The maximum atomic E-state index is 13.4. The Hall–Kier alpha value is -1.91. The number of benzene rings is 1. The van der Waals surface area contributed by atoms with Gasteiger partial charge in [0.25, 0.3) is 0 Å². The highest BCUT2D eigenvalue weighted by Crippen LogP contribution is 2.41. The largest absolute Gasteiger partial charge is 0.496 e. The molecule has 0 spiro atoms. The second kappa shape index (κ2) is 14.2. The van der Waals surface area contributed by atoms with E-state index in [1.165, 1.54) is 44.9 Å². The highest BCUT2D eigenvalue weighted by molar-refractivity contribution is 5.98. The van der Waals surface area contributed by atoms with E-state index < -0.39 is 0 Å². The second-order valence-corrected chi connectivity index (χ2v) is 8.07. The minimum atomic E-state index is -0.377. The van der Waals surface area contributed by atoms with Crippen LogP contribution in [0.2, 0.25) is 0 Å². The molecule has 0 aliphatic heterocycles. The van der Waals surface area contributed by atoms with Gasteiger partial charge in [0.15, 0.2) is 0 Å². The Morgan fingerprint density at radius 3 is 1.73 bits per heavy atom. The molecule has 172 valence electrons. The highest BCUT2D eigenvalue weighted by atomic mass is 16.5. The van der Waals surface area contributed by atoms with Crippen molar-refractivity contribution in [2.75, 3.05) is 26.6 Å². The summed E-state index contributed by atoms with van der Waals surface area (Å²) < 4.78 is 16.3. The Morgan fingerprint density at radius 2 is 1.30 bits per heavy atom. The van der Waals surface area contributed by atoms with Crippen LogP contribution < -0.4 is 19.5 Å². The molecule has 0 unspecified atom stereocenters. The van der Waals surface area contributed by atoms with E-state index in [-0.39, 0.29) is 11.3 Å². The van der Waals surface area contributed by atoms with E-state index in [0.29, 0.717) is 22.9 Å². The van der Waals surface area contributed by atoms with E-state index in [1.54, 1.807) is 33.5 Å². The standard InChI is InChI=1S/C25H43NO4/c1-7-10-11-12-13-14-15-16-17-25(8-2,9-3)24(27)26-23-21(29-5)18-20(28-4)19-22(23)30-6/h18-19H,7-17H2,1-6H3,(H,26,27). The summed E-state index contributed by atoms with van der Waals surface area (Å²) in [5.41, 5.74) is 0.186. The Balaban J connectivity index is 2.79. The third kappa shape index (κ3) is 7.41. The predicted octanol–water partition coefficient (Wildman–Crippen LogP) is 6.99. The van der Waals surface area contributed by atoms with E-state index in [2.05, 4.69) is 26.1 Å². The normalized spacial score (nSPS) is 11.3. The lowest BCUT2D eigenvalue weighted by molar-refractivity contribution is -0.126. The molecule has 1 aromatic carbocycles. The molecule has 0 bridgehead atoms. The number of amides is 1. The summed E-state index contributed by atoms with van der Waals surface area (Å²) in [5, 5.41) is 3.11. The molecule has 0 radical (unpaired) electrons. The van der Waals surface area contributed by atoms with Crippen LogP contribution in [0.1, 0.15) is 91.4 Å². The van der Waals surface area contributed by atoms with Gasteiger partial charge in [-0.1, -0.05) is 72.1 Å². The zero-order valence-electron chi connectivity index (χ0n) is 20.1. The number of hydrogen-bond donors (Lipinski definition) is 1. The van der Waals surface area contributed by atoms with Gasteiger partial charge in [0, 0.05) is 17.5 Å². The first-order valence-electron chi connectivity index (χ1n) is 11.6. The average Bonchev–Trinajstić information content (AvgIpc) is 2.78. The summed E-state index contributed by atoms with van der Waals surface area (Å²) in [5.74, 6) is 1.73. The molecule has 30 heavy (non-hydrogen) atoms. The molecule has 5 nitrogen and oxygen atoms in total. The topological polar surface area (TPSA) is 56.8 Å². The van der Waals surface area contributed by atoms with Gasteiger partial charge in [0.2, 0.25) is 5.91 Å². The van der Waals surface area contributed by atoms with Crippen molar-refractivity contribution in [3.05, 3.63) is 12.1 Å². The van der Waals surface area contributed by atoms with Crippen molar-refractivity contribution in [2.45, 2.75) is 91.4 Å². The van der Waals surface area contributed by atoms with Crippen molar-refractivity contribution in [3.8, 4) is 17.2 Å². The van der Waals surface area contributed by atoms with Gasteiger partial charge in [-0.05, 0) is 19.3 Å². The minimum absolute atomic E-state index is 0.0391. The van der Waals surface area contributed by atoms with Gasteiger partial charge in [0.1, 0.15) is 22.9 Å². The number of nitrogens with one attached hydrogen (secondary N) is 1. The Labute approximate surface area is 183 Å². The molecule has 0 atom stereocenters. The van der Waals surface area contributed by atoms with Gasteiger partial charge >= 0.3 is 0 Å². The first-order valence-corrected chi connectivity index (χ1v) is 11.6. The van der Waals surface area contributed by atoms with Crippen LogP contribution >= 0.6 is 0 Å². The number of ether oxygens (including phenoxy) is 3. The number of rotatable bonds is 16. The van der Waals surface area contributed by atoms with Crippen LogP contribution in [0.15, 0.2) is 12.1 Å². The number of methoxy groups -OCH3 is 3. The van der Waals surface area contributed by atoms with E-state index in [1.807, 2.05) is 0 Å². The molecule has 0 heterocycles. The second-order valence-electron chi connectivity index (χ2n) is 8.07. The van der Waals surface area contributed by atoms with Crippen molar-refractivity contribution in [3.63, 3.8) is 0 Å². The number of anilines is 1. The predicted molar refractivity (Wildman–Crippen MR) is 125 cm³/mol. The Bertz CT molecular complexity index is 601. The van der Waals surface area contributed by atoms with Gasteiger partial charge in [-0.25, -0.2) is 0 Å². The molecule has 0 saturated carbocycles. The van der Waals surface area contributed by atoms with Gasteiger partial charge in [-0.2, -0.15) is 0 Å². The number of carbonyl (C=O) groups is 1. The summed E-state index contributed by atoms with van der Waals surface area (Å²) in [7, 11) is 4.75. The third-order valence-corrected chi connectivity index (χ3v) is 6.30. The summed E-state index contributed by atoms with van der Waals surface area (Å²) >= 11 is 0.